The summed E-state index contributed by atoms with van der Waals surface area (Å²) in [6.45, 7) is 3.28. The van der Waals surface area contributed by atoms with Crippen LogP contribution in [-0.2, 0) is 20.6 Å². The second-order valence-electron chi connectivity index (χ2n) is 8.29. The summed E-state index contributed by atoms with van der Waals surface area (Å²) in [6, 6.07) is 8.38. The zero-order valence-corrected chi connectivity index (χ0v) is 23.0. The molecule has 0 unspecified atom stereocenters. The third kappa shape index (κ3) is 7.91. The zero-order valence-electron chi connectivity index (χ0n) is 22.2. The first-order valence-electron chi connectivity index (χ1n) is 11.7. The molecule has 1 amide bonds. The minimum Gasteiger partial charge on any atom is -0.493 e. The van der Waals surface area contributed by atoms with Crippen LogP contribution in [0.5, 0.6) is 17.2 Å². The van der Waals surface area contributed by atoms with Gasteiger partial charge in [-0.3, -0.25) is 4.79 Å². The Morgan fingerprint density at radius 2 is 1.72 bits per heavy atom. The fourth-order valence-corrected chi connectivity index (χ4v) is 4.90. The Kier molecular flexibility index (Phi) is 9.84. The smallest absolute Gasteiger partial charge is 0.229 e. The van der Waals surface area contributed by atoms with Gasteiger partial charge in [-0.1, -0.05) is 12.1 Å². The molecule has 210 valence electrons. The van der Waals surface area contributed by atoms with Crippen LogP contribution in [0.1, 0.15) is 18.1 Å². The Hall–Kier alpha value is -4.17. The molecule has 3 rings (SSSR count). The lowest BCUT2D eigenvalue weighted by atomic mass is 10.1. The molecule has 4 N–H and O–H groups in total. The van der Waals surface area contributed by atoms with E-state index in [0.717, 1.165) is 6.20 Å². The molecule has 1 heterocycles. The van der Waals surface area contributed by atoms with Crippen LogP contribution in [0.3, 0.4) is 0 Å². The van der Waals surface area contributed by atoms with Gasteiger partial charge in [0.15, 0.2) is 23.1 Å². The average Bonchev–Trinajstić information content (AvgIpc) is 2.89. The Bertz CT molecular complexity index is 1410. The number of methoxy groups -OCH3 is 3. The number of hydrogen-bond acceptors (Lipinski definition) is 10. The largest absolute Gasteiger partial charge is 0.493 e. The molecular formula is C25H31FN6O6S. The van der Waals surface area contributed by atoms with Gasteiger partial charge in [-0.25, -0.2) is 22.5 Å². The molecule has 0 spiro atoms. The van der Waals surface area contributed by atoms with E-state index >= 15 is 0 Å². The highest BCUT2D eigenvalue weighted by molar-refractivity contribution is 7.88. The lowest BCUT2D eigenvalue weighted by molar-refractivity contribution is -0.118. The fourth-order valence-electron chi connectivity index (χ4n) is 3.62. The number of anilines is 4. The molecule has 2 aromatic carbocycles. The van der Waals surface area contributed by atoms with Crippen LogP contribution in [-0.4, -0.2) is 58.7 Å². The summed E-state index contributed by atoms with van der Waals surface area (Å²) in [5.74, 6) is -0.269. The monoisotopic (exact) mass is 562 g/mol. The maximum Gasteiger partial charge on any atom is 0.229 e. The van der Waals surface area contributed by atoms with Gasteiger partial charge in [-0.05, 0) is 24.1 Å². The van der Waals surface area contributed by atoms with Crippen molar-refractivity contribution in [2.24, 2.45) is 0 Å². The predicted molar refractivity (Wildman–Crippen MR) is 145 cm³/mol. The maximum absolute atomic E-state index is 14.7. The van der Waals surface area contributed by atoms with Crippen molar-refractivity contribution >= 4 is 39.1 Å². The predicted octanol–water partition coefficient (Wildman–Crippen LogP) is 2.99. The molecule has 0 aliphatic heterocycles. The molecule has 14 heteroatoms. The molecule has 0 aliphatic rings. The van der Waals surface area contributed by atoms with Gasteiger partial charge in [0.1, 0.15) is 0 Å². The van der Waals surface area contributed by atoms with Gasteiger partial charge < -0.3 is 30.2 Å². The van der Waals surface area contributed by atoms with Gasteiger partial charge in [0.2, 0.25) is 27.6 Å². The van der Waals surface area contributed by atoms with Crippen LogP contribution in [0.15, 0.2) is 36.5 Å². The topological polar surface area (TPSA) is 153 Å². The number of halogens is 1. The van der Waals surface area contributed by atoms with Crippen LogP contribution < -0.4 is 34.9 Å². The zero-order chi connectivity index (χ0) is 28.6. The van der Waals surface area contributed by atoms with Gasteiger partial charge in [-0.15, -0.1) is 0 Å². The number of amides is 1. The number of carbonyl (C=O) groups is 1. The molecule has 39 heavy (non-hydrogen) atoms. The van der Waals surface area contributed by atoms with Crippen LogP contribution in [0.2, 0.25) is 0 Å². The van der Waals surface area contributed by atoms with Crippen molar-refractivity contribution in [3.8, 4) is 17.2 Å². The van der Waals surface area contributed by atoms with Gasteiger partial charge >= 0.3 is 0 Å². The second kappa shape index (κ2) is 13.1. The molecule has 3 aromatic rings. The van der Waals surface area contributed by atoms with Gasteiger partial charge in [0.25, 0.3) is 0 Å². The van der Waals surface area contributed by atoms with Crippen molar-refractivity contribution in [2.45, 2.75) is 19.6 Å². The molecule has 12 nitrogen and oxygen atoms in total. The molecule has 0 saturated carbocycles. The lowest BCUT2D eigenvalue weighted by Crippen LogP contribution is -2.34. The highest BCUT2D eigenvalue weighted by Crippen LogP contribution is 2.40. The second-order valence-corrected chi connectivity index (χ2v) is 10.1. The van der Waals surface area contributed by atoms with Crippen LogP contribution in [0, 0.1) is 12.7 Å². The highest BCUT2D eigenvalue weighted by atomic mass is 32.2. The molecule has 1 aromatic heterocycles. The Balaban J connectivity index is 1.84. The summed E-state index contributed by atoms with van der Waals surface area (Å²) in [6.07, 6.45) is 0.992. The number of nitrogens with one attached hydrogen (secondary N) is 4. The number of carbonyl (C=O) groups excluding carboxylic acids is 1. The van der Waals surface area contributed by atoms with Crippen LogP contribution >= 0.6 is 0 Å². The third-order valence-corrected chi connectivity index (χ3v) is 6.80. The van der Waals surface area contributed by atoms with Gasteiger partial charge in [0.05, 0.1) is 33.3 Å². The number of sulfonamides is 1. The van der Waals surface area contributed by atoms with Crippen molar-refractivity contribution in [2.75, 3.05) is 45.1 Å². The molecule has 0 saturated heterocycles. The quantitative estimate of drug-likeness (QED) is 0.229. The van der Waals surface area contributed by atoms with E-state index < -0.39 is 15.8 Å². The number of ether oxygens (including phenoxy) is 3. The number of nitrogens with zero attached hydrogens (tertiary/aromatic N) is 2. The lowest BCUT2D eigenvalue weighted by Gasteiger charge is -2.16. The summed E-state index contributed by atoms with van der Waals surface area (Å²) >= 11 is 0. The van der Waals surface area contributed by atoms with Crippen molar-refractivity contribution < 1.29 is 31.8 Å². The standard InChI is InChI=1S/C25H31FN6O6S/c1-15-7-6-8-20(18(15)14-39(34,35)29-10-9-27-16(2)33)31-24-19(26)13-28-25(32-24)30-17-11-21(36-3)23(38-5)22(12-17)37-4/h6-8,11-13,29H,9-10,14H2,1-5H3,(H,27,33)(H2,28,30,31,32). The summed E-state index contributed by atoms with van der Waals surface area (Å²) in [5.41, 5.74) is 1.97. The molecule has 0 atom stereocenters. The van der Waals surface area contributed by atoms with E-state index in [2.05, 4.69) is 30.6 Å². The first-order chi connectivity index (χ1) is 18.6. The van der Waals surface area contributed by atoms with E-state index in [0.29, 0.717) is 39.8 Å². The van der Waals surface area contributed by atoms with E-state index in [9.17, 15) is 17.6 Å². The SMILES string of the molecule is COc1cc(Nc2ncc(F)c(Nc3cccc(C)c3CS(=O)(=O)NCCNC(C)=O)n2)cc(OC)c1OC. The molecule has 0 radical (unpaired) electrons. The number of aryl methyl sites for hydroxylation is 1. The normalized spacial score (nSPS) is 11.0. The molecular weight excluding hydrogens is 531 g/mol. The van der Waals surface area contributed by atoms with Gasteiger partial charge in [-0.2, -0.15) is 4.98 Å². The summed E-state index contributed by atoms with van der Waals surface area (Å²) in [5, 5.41) is 8.39. The first kappa shape index (κ1) is 29.4. The maximum atomic E-state index is 14.7. The fraction of sp³-hybridized carbons (Fsp3) is 0.320. The summed E-state index contributed by atoms with van der Waals surface area (Å²) < 4.78 is 58.6. The van der Waals surface area contributed by atoms with E-state index in [1.54, 1.807) is 37.3 Å². The molecule has 0 bridgehead atoms. The van der Waals surface area contributed by atoms with E-state index in [1.165, 1.54) is 28.3 Å². The first-order valence-corrected chi connectivity index (χ1v) is 13.4. The number of rotatable bonds is 13. The molecule has 0 fully saturated rings. The van der Waals surface area contributed by atoms with Crippen molar-refractivity contribution in [1.82, 2.24) is 20.0 Å². The van der Waals surface area contributed by atoms with Crippen LogP contribution in [0.4, 0.5) is 27.5 Å². The summed E-state index contributed by atoms with van der Waals surface area (Å²) in [7, 11) is 0.689. The molecule has 0 aliphatic carbocycles. The Labute approximate surface area is 226 Å². The van der Waals surface area contributed by atoms with Crippen molar-refractivity contribution in [3.05, 3.63) is 53.5 Å². The highest BCUT2D eigenvalue weighted by Gasteiger charge is 2.19. The number of hydrogen-bond donors (Lipinski definition) is 4. The summed E-state index contributed by atoms with van der Waals surface area (Å²) in [4.78, 5) is 19.2. The Morgan fingerprint density at radius 3 is 2.33 bits per heavy atom. The van der Waals surface area contributed by atoms with Crippen molar-refractivity contribution in [3.63, 3.8) is 0 Å². The van der Waals surface area contributed by atoms with E-state index in [1.807, 2.05) is 0 Å². The minimum absolute atomic E-state index is 0.0348. The van der Waals surface area contributed by atoms with Crippen molar-refractivity contribution in [1.29, 1.82) is 0 Å². The van der Waals surface area contributed by atoms with Crippen LogP contribution in [0.25, 0.3) is 0 Å². The minimum atomic E-state index is -3.76. The number of benzene rings is 2. The Morgan fingerprint density at radius 1 is 1.03 bits per heavy atom. The number of aromatic nitrogens is 2. The van der Waals surface area contributed by atoms with E-state index in [4.69, 9.17) is 14.2 Å². The van der Waals surface area contributed by atoms with E-state index in [-0.39, 0.29) is 36.5 Å². The van der Waals surface area contributed by atoms with Gasteiger partial charge in [0, 0.05) is 43.5 Å². The third-order valence-electron chi connectivity index (χ3n) is 5.48. The average molecular weight is 563 g/mol.